The Labute approximate surface area is 198 Å². The van der Waals surface area contributed by atoms with Crippen LogP contribution >= 0.6 is 9.58 Å². The Morgan fingerprint density at radius 3 is 2.65 bits per heavy atom. The molecule has 2 N–H and O–H groups in total. The van der Waals surface area contributed by atoms with Gasteiger partial charge in [0.15, 0.2) is 5.69 Å². The molecule has 9 nitrogen and oxygen atoms in total. The van der Waals surface area contributed by atoms with Crippen LogP contribution in [-0.4, -0.2) is 74.3 Å². The van der Waals surface area contributed by atoms with Crippen molar-refractivity contribution in [1.82, 2.24) is 23.5 Å². The van der Waals surface area contributed by atoms with Crippen LogP contribution in [0, 0.1) is 5.82 Å². The molecule has 1 atom stereocenters. The molecule has 1 unspecified atom stereocenters. The first-order valence-corrected chi connectivity index (χ1v) is 13.0. The van der Waals surface area contributed by atoms with Crippen LogP contribution in [0.5, 0.6) is 5.75 Å². The van der Waals surface area contributed by atoms with E-state index in [4.69, 9.17) is 4.74 Å². The minimum atomic E-state index is -1.87. The number of nitrogens with zero attached hydrogens (tertiary/aromatic N) is 4. The number of rotatable bonds is 6. The van der Waals surface area contributed by atoms with Crippen molar-refractivity contribution in [1.29, 1.82) is 0 Å². The first kappa shape index (κ1) is 24.4. The van der Waals surface area contributed by atoms with E-state index < -0.39 is 26.8 Å². The van der Waals surface area contributed by atoms with Gasteiger partial charge >= 0.3 is 0 Å². The lowest BCUT2D eigenvalue weighted by Crippen LogP contribution is -2.42. The van der Waals surface area contributed by atoms with Gasteiger partial charge in [-0.2, -0.15) is 0 Å². The highest BCUT2D eigenvalue weighted by Gasteiger charge is 2.33. The van der Waals surface area contributed by atoms with Crippen molar-refractivity contribution in [2.24, 2.45) is 0 Å². The van der Waals surface area contributed by atoms with E-state index >= 15 is 0 Å². The molecule has 2 aliphatic rings. The summed E-state index contributed by atoms with van der Waals surface area (Å²) in [6.07, 6.45) is 1.44. The van der Waals surface area contributed by atoms with Gasteiger partial charge in [-0.3, -0.25) is 14.2 Å². The number of hydrogen-bond donors (Lipinski definition) is 2. The second-order valence-corrected chi connectivity index (χ2v) is 11.2. The van der Waals surface area contributed by atoms with Gasteiger partial charge in [0.05, 0.1) is 19.3 Å². The Bertz CT molecular complexity index is 1220. The maximum atomic E-state index is 13.1. The molecule has 1 aromatic carbocycles. The molecule has 2 aromatic rings. The lowest BCUT2D eigenvalue weighted by molar-refractivity contribution is 0.0748. The second kappa shape index (κ2) is 9.87. The Kier molecular flexibility index (Phi) is 7.08. The molecular weight excluding hydrogens is 461 g/mol. The zero-order valence-corrected chi connectivity index (χ0v) is 20.0. The number of ether oxygens (including phenoxy) is 1. The van der Waals surface area contributed by atoms with Crippen LogP contribution in [0.1, 0.15) is 40.8 Å². The third kappa shape index (κ3) is 4.74. The van der Waals surface area contributed by atoms with Crippen LogP contribution in [0.3, 0.4) is 0 Å². The summed E-state index contributed by atoms with van der Waals surface area (Å²) in [6.45, 7) is 3.16. The SMILES string of the molecule is C=S(=C)(N1CCOCC1)N(C)C1CCCn2c1nc(C(=O)NCc1ccc(F)cc1)c(O)c2=O. The minimum Gasteiger partial charge on any atom is -0.501 e. The van der Waals surface area contributed by atoms with Crippen LogP contribution < -0.4 is 10.9 Å². The van der Waals surface area contributed by atoms with E-state index in [9.17, 15) is 19.1 Å². The molecule has 0 spiro atoms. The van der Waals surface area contributed by atoms with Crippen molar-refractivity contribution in [3.8, 4) is 5.75 Å². The number of aromatic hydroxyl groups is 1. The van der Waals surface area contributed by atoms with E-state index in [1.807, 2.05) is 11.4 Å². The van der Waals surface area contributed by atoms with Crippen molar-refractivity contribution >= 4 is 27.2 Å². The summed E-state index contributed by atoms with van der Waals surface area (Å²) >= 11 is 0. The standard InChI is InChI=1S/C23H30FN5O4S/c1-27(34(2,3)28-11-13-33-14-12-28)18-5-4-10-29-21(18)26-19(20(30)23(29)32)22(31)25-15-16-6-8-17(24)9-7-16/h6-9,18,30H,2-5,10-15H2,1H3,(H,25,31). The van der Waals surface area contributed by atoms with Crippen LogP contribution in [-0.2, 0) is 17.8 Å². The molecule has 4 rings (SSSR count). The number of amides is 1. The Morgan fingerprint density at radius 1 is 1.29 bits per heavy atom. The Hall–Kier alpha value is -2.73. The number of carbonyl (C=O) groups is 1. The Balaban J connectivity index is 1.62. The predicted octanol–water partition coefficient (Wildman–Crippen LogP) is 1.62. The van der Waals surface area contributed by atoms with E-state index in [1.54, 1.807) is 12.1 Å². The predicted molar refractivity (Wildman–Crippen MR) is 132 cm³/mol. The molecule has 1 saturated heterocycles. The molecule has 0 bridgehead atoms. The number of hydrogen-bond acceptors (Lipinski definition) is 7. The average Bonchev–Trinajstić information content (AvgIpc) is 2.85. The zero-order chi connectivity index (χ0) is 24.5. The third-order valence-electron chi connectivity index (χ3n) is 6.34. The monoisotopic (exact) mass is 491 g/mol. The summed E-state index contributed by atoms with van der Waals surface area (Å²) in [5.41, 5.74) is -0.288. The molecule has 2 aliphatic heterocycles. The largest absolute Gasteiger partial charge is 0.501 e. The van der Waals surface area contributed by atoms with Gasteiger partial charge in [-0.25, -0.2) is 18.0 Å². The fourth-order valence-corrected chi connectivity index (χ4v) is 6.15. The number of aromatic nitrogens is 2. The fourth-order valence-electron chi connectivity index (χ4n) is 4.28. The first-order valence-electron chi connectivity index (χ1n) is 11.1. The lowest BCUT2D eigenvalue weighted by Gasteiger charge is -2.43. The van der Waals surface area contributed by atoms with Gasteiger partial charge < -0.3 is 15.2 Å². The highest BCUT2D eigenvalue weighted by atomic mass is 32.2. The molecular formula is C23H30FN5O4S. The van der Waals surface area contributed by atoms with Crippen LogP contribution in [0.25, 0.3) is 0 Å². The van der Waals surface area contributed by atoms with Gasteiger partial charge in [-0.1, -0.05) is 23.9 Å². The van der Waals surface area contributed by atoms with E-state index in [2.05, 4.69) is 26.3 Å². The van der Waals surface area contributed by atoms with Crippen molar-refractivity contribution in [2.75, 3.05) is 33.4 Å². The lowest BCUT2D eigenvalue weighted by atomic mass is 10.1. The van der Waals surface area contributed by atoms with Gasteiger partial charge in [0.1, 0.15) is 11.6 Å². The topological polar surface area (TPSA) is 99.9 Å². The van der Waals surface area contributed by atoms with Gasteiger partial charge in [0.2, 0.25) is 5.75 Å². The summed E-state index contributed by atoms with van der Waals surface area (Å²) < 4.78 is 24.3. The number of nitrogens with one attached hydrogen (secondary N) is 1. The highest BCUT2D eigenvalue weighted by molar-refractivity contribution is 8.23. The molecule has 3 heterocycles. The Morgan fingerprint density at radius 2 is 1.97 bits per heavy atom. The summed E-state index contributed by atoms with van der Waals surface area (Å²) in [5.74, 6) is 7.50. The summed E-state index contributed by atoms with van der Waals surface area (Å²) in [7, 11) is 0.0425. The van der Waals surface area contributed by atoms with Crippen molar-refractivity contribution in [3.63, 3.8) is 0 Å². The third-order valence-corrected chi connectivity index (χ3v) is 8.99. The van der Waals surface area contributed by atoms with Gasteiger partial charge in [-0.05, 0) is 37.6 Å². The molecule has 11 heteroatoms. The molecule has 0 radical (unpaired) electrons. The van der Waals surface area contributed by atoms with E-state index in [0.29, 0.717) is 50.7 Å². The molecule has 184 valence electrons. The smallest absolute Gasteiger partial charge is 0.296 e. The number of morpholine rings is 1. The van der Waals surface area contributed by atoms with Crippen LogP contribution in [0.4, 0.5) is 4.39 Å². The molecule has 34 heavy (non-hydrogen) atoms. The molecule has 1 aromatic heterocycles. The summed E-state index contributed by atoms with van der Waals surface area (Å²) in [5, 5.41) is 13.1. The normalized spacial score (nSPS) is 19.1. The molecule has 1 amide bonds. The van der Waals surface area contributed by atoms with Gasteiger partial charge in [-0.15, -0.1) is 9.58 Å². The number of benzene rings is 1. The summed E-state index contributed by atoms with van der Waals surface area (Å²) in [6, 6.07) is 5.39. The van der Waals surface area contributed by atoms with Crippen molar-refractivity contribution in [3.05, 3.63) is 57.5 Å². The van der Waals surface area contributed by atoms with Crippen LogP contribution in [0.15, 0.2) is 29.1 Å². The zero-order valence-electron chi connectivity index (χ0n) is 19.2. The average molecular weight is 492 g/mol. The fraction of sp³-hybridized carbons (Fsp3) is 0.435. The molecule has 0 saturated carbocycles. The molecule has 1 fully saturated rings. The van der Waals surface area contributed by atoms with Crippen molar-refractivity contribution < 1.29 is 19.0 Å². The van der Waals surface area contributed by atoms with Crippen molar-refractivity contribution in [2.45, 2.75) is 32.0 Å². The summed E-state index contributed by atoms with van der Waals surface area (Å²) in [4.78, 5) is 30.3. The second-order valence-electron chi connectivity index (χ2n) is 8.48. The minimum absolute atomic E-state index is 0.101. The number of halogens is 1. The van der Waals surface area contributed by atoms with Gasteiger partial charge in [0.25, 0.3) is 11.5 Å². The highest BCUT2D eigenvalue weighted by Crippen LogP contribution is 2.40. The quantitative estimate of drug-likeness (QED) is 0.593. The number of carbonyl (C=O) groups excluding carboxylic acids is 1. The maximum Gasteiger partial charge on any atom is 0.296 e. The number of fused-ring (bicyclic) bond motifs is 1. The first-order chi connectivity index (χ1) is 16.2. The van der Waals surface area contributed by atoms with E-state index in [0.717, 1.165) is 6.42 Å². The van der Waals surface area contributed by atoms with E-state index in [-0.39, 0.29) is 24.1 Å². The van der Waals surface area contributed by atoms with E-state index in [1.165, 1.54) is 16.7 Å². The van der Waals surface area contributed by atoms with Gasteiger partial charge in [0, 0.05) is 26.2 Å². The maximum absolute atomic E-state index is 13.1. The van der Waals surface area contributed by atoms with Crippen LogP contribution in [0.2, 0.25) is 0 Å². The molecule has 0 aliphatic carbocycles.